The highest BCUT2D eigenvalue weighted by Gasteiger charge is 2.33. The quantitative estimate of drug-likeness (QED) is 0.470. The first kappa shape index (κ1) is 26.9. The van der Waals surface area contributed by atoms with E-state index in [0.717, 1.165) is 82.7 Å². The van der Waals surface area contributed by atoms with Gasteiger partial charge < -0.3 is 18.9 Å². The molecule has 2 aliphatic carbocycles. The van der Waals surface area contributed by atoms with Crippen molar-refractivity contribution in [1.82, 2.24) is 0 Å². The average molecular weight is 523 g/mol. The van der Waals surface area contributed by atoms with Crippen LogP contribution in [0.15, 0.2) is 43.0 Å². The third-order valence-electron chi connectivity index (χ3n) is 7.35. The van der Waals surface area contributed by atoms with Gasteiger partial charge in [-0.3, -0.25) is 4.79 Å². The van der Waals surface area contributed by atoms with Crippen LogP contribution >= 0.6 is 12.4 Å². The number of Topliss-reactive ketones (excluding diaryl/α,β-unsaturated/α-hetero) is 1. The second kappa shape index (κ2) is 11.1. The Kier molecular flexibility index (Phi) is 8.03. The van der Waals surface area contributed by atoms with E-state index in [0.29, 0.717) is 17.1 Å². The molecule has 2 aromatic rings. The van der Waals surface area contributed by atoms with Gasteiger partial charge in [0.2, 0.25) is 13.6 Å². The predicted octanol–water partition coefficient (Wildman–Crippen LogP) is 5.89. The number of benzene rings is 2. The number of carbonyl (C=O) groups excluding carboxylic acids is 1. The highest BCUT2D eigenvalue weighted by atomic mass is 35.5. The van der Waals surface area contributed by atoms with Crippen LogP contribution in [0, 0.1) is 5.92 Å². The largest absolute Gasteiger partial charge is 0.454 e. The lowest BCUT2D eigenvalue weighted by Gasteiger charge is -2.14. The molecule has 37 heavy (non-hydrogen) atoms. The first-order chi connectivity index (χ1) is 17.5. The maximum absolute atomic E-state index is 13.1. The smallest absolute Gasteiger partial charge is 0.231 e. The zero-order valence-corrected chi connectivity index (χ0v) is 22.7. The molecule has 6 heteroatoms. The minimum absolute atomic E-state index is 0. The fraction of sp³-hybridized carbons (Fsp3) is 0.387. The topological polar surface area (TPSA) is 54.0 Å². The van der Waals surface area contributed by atoms with Gasteiger partial charge in [0.05, 0.1) is 0 Å². The van der Waals surface area contributed by atoms with Crippen molar-refractivity contribution < 1.29 is 23.7 Å². The van der Waals surface area contributed by atoms with E-state index in [9.17, 15) is 4.79 Å². The van der Waals surface area contributed by atoms with Crippen molar-refractivity contribution in [3.05, 3.63) is 64.6 Å². The number of hydrogen-bond acceptors (Lipinski definition) is 5. The zero-order chi connectivity index (χ0) is 25.4. The number of ketones is 1. The van der Waals surface area contributed by atoms with Crippen LogP contribution < -0.4 is 29.4 Å². The van der Waals surface area contributed by atoms with Crippen molar-refractivity contribution in [2.24, 2.45) is 5.92 Å². The van der Waals surface area contributed by atoms with Gasteiger partial charge in [0.15, 0.2) is 28.8 Å². The van der Waals surface area contributed by atoms with Gasteiger partial charge in [-0.05, 0) is 96.7 Å². The molecule has 1 saturated carbocycles. The van der Waals surface area contributed by atoms with Crippen LogP contribution in [0.3, 0.4) is 0 Å². The fourth-order valence-corrected chi connectivity index (χ4v) is 5.21. The molecule has 0 bridgehead atoms. The SMILES string of the molecule is C=C(C(=O)C1CC1)/C1=c2\c3c(cc\c2=C(/C)C(=C)c2cc4c(cc2CCCC1)OCO4)OCO3.CC.Cl. The summed E-state index contributed by atoms with van der Waals surface area (Å²) in [5.41, 5.74) is 5.81. The molecule has 0 aromatic heterocycles. The van der Waals surface area contributed by atoms with E-state index in [1.165, 1.54) is 5.56 Å². The average Bonchev–Trinajstić information content (AvgIpc) is 3.46. The molecule has 0 saturated heterocycles. The van der Waals surface area contributed by atoms with Gasteiger partial charge in [0.25, 0.3) is 0 Å². The molecule has 0 radical (unpaired) electrons. The van der Waals surface area contributed by atoms with Gasteiger partial charge >= 0.3 is 0 Å². The minimum atomic E-state index is 0. The molecule has 0 amide bonds. The number of aryl methyl sites for hydroxylation is 1. The van der Waals surface area contributed by atoms with Crippen LogP contribution in [0.25, 0.3) is 16.7 Å². The van der Waals surface area contributed by atoms with Gasteiger partial charge in [-0.1, -0.05) is 33.1 Å². The van der Waals surface area contributed by atoms with E-state index in [2.05, 4.69) is 32.2 Å². The molecule has 4 aliphatic rings. The van der Waals surface area contributed by atoms with E-state index in [-0.39, 0.29) is 37.7 Å². The Balaban J connectivity index is 0.00000104. The molecule has 5 nitrogen and oxygen atoms in total. The highest BCUT2D eigenvalue weighted by Crippen LogP contribution is 2.40. The Bertz CT molecular complexity index is 1380. The summed E-state index contributed by atoms with van der Waals surface area (Å²) in [4.78, 5) is 13.1. The molecular weight excluding hydrogens is 488 g/mol. The van der Waals surface area contributed by atoms with E-state index in [1.807, 2.05) is 26.0 Å². The van der Waals surface area contributed by atoms with Crippen molar-refractivity contribution in [2.45, 2.75) is 59.3 Å². The summed E-state index contributed by atoms with van der Waals surface area (Å²) in [7, 11) is 0. The van der Waals surface area contributed by atoms with Crippen LogP contribution in [-0.2, 0) is 11.2 Å². The molecule has 2 aliphatic heterocycles. The monoisotopic (exact) mass is 522 g/mol. The number of rotatable bonds is 3. The standard InChI is InChI=1S/C29H28O5.C2H6.ClH/c1-16-17(2)23-13-26-25(32-14-33-26)12-20(23)6-4-5-7-21(18(3)28(30)19-8-9-19)27-22(16)10-11-24-29(27)34-15-31-24;1-2;/h10-13,19H,2-9,14-15H2,1H3;1-2H3;1H/b22-16-,27-21-;;. The van der Waals surface area contributed by atoms with E-state index in [4.69, 9.17) is 18.9 Å². The van der Waals surface area contributed by atoms with Crippen LogP contribution in [0.2, 0.25) is 0 Å². The third-order valence-corrected chi connectivity index (χ3v) is 7.35. The summed E-state index contributed by atoms with van der Waals surface area (Å²) in [5, 5.41) is 1.93. The van der Waals surface area contributed by atoms with Gasteiger partial charge in [-0.2, -0.15) is 0 Å². The number of carbonyl (C=O) groups is 1. The zero-order valence-electron chi connectivity index (χ0n) is 21.9. The highest BCUT2D eigenvalue weighted by molar-refractivity contribution is 6.09. The first-order valence-electron chi connectivity index (χ1n) is 13.0. The number of allylic oxidation sites excluding steroid dienone is 2. The summed E-state index contributed by atoms with van der Waals surface area (Å²) < 4.78 is 23.0. The third kappa shape index (κ3) is 4.89. The molecule has 2 aromatic carbocycles. The van der Waals surface area contributed by atoms with Gasteiger partial charge in [0, 0.05) is 16.7 Å². The maximum atomic E-state index is 13.1. The molecule has 0 atom stereocenters. The molecule has 6 rings (SSSR count). The second-order valence-corrected chi connectivity index (χ2v) is 9.49. The van der Waals surface area contributed by atoms with E-state index >= 15 is 0 Å². The van der Waals surface area contributed by atoms with Crippen LogP contribution in [0.5, 0.6) is 23.0 Å². The van der Waals surface area contributed by atoms with Crippen molar-refractivity contribution in [3.8, 4) is 23.0 Å². The normalized spacial score (nSPS) is 20.4. The van der Waals surface area contributed by atoms with Crippen molar-refractivity contribution in [3.63, 3.8) is 0 Å². The fourth-order valence-electron chi connectivity index (χ4n) is 5.21. The van der Waals surface area contributed by atoms with Crippen molar-refractivity contribution in [2.75, 3.05) is 13.6 Å². The number of halogens is 1. The summed E-state index contributed by atoms with van der Waals surface area (Å²) >= 11 is 0. The molecular formula is C31H35ClO5. The van der Waals surface area contributed by atoms with Gasteiger partial charge in [-0.15, -0.1) is 12.4 Å². The van der Waals surface area contributed by atoms with Gasteiger partial charge in [-0.25, -0.2) is 0 Å². The van der Waals surface area contributed by atoms with E-state index < -0.39 is 0 Å². The molecule has 0 N–H and O–H groups in total. The number of hydrogen-bond donors (Lipinski definition) is 0. The van der Waals surface area contributed by atoms with Crippen LogP contribution in [0.4, 0.5) is 0 Å². The van der Waals surface area contributed by atoms with Gasteiger partial charge in [0.1, 0.15) is 0 Å². The molecule has 0 unspecified atom stereocenters. The summed E-state index contributed by atoms with van der Waals surface area (Å²) in [5.74, 6) is 3.23. The first-order valence-corrected chi connectivity index (χ1v) is 13.0. The van der Waals surface area contributed by atoms with Crippen molar-refractivity contribution in [1.29, 1.82) is 0 Å². The Morgan fingerprint density at radius 1 is 0.919 bits per heavy atom. The molecule has 196 valence electrons. The summed E-state index contributed by atoms with van der Waals surface area (Å²) in [6.07, 6.45) is 5.45. The Hall–Kier alpha value is -3.18. The van der Waals surface area contributed by atoms with E-state index in [1.54, 1.807) is 0 Å². The van der Waals surface area contributed by atoms with Crippen LogP contribution in [-0.4, -0.2) is 19.4 Å². The number of ether oxygens (including phenoxy) is 4. The summed E-state index contributed by atoms with van der Waals surface area (Å²) in [6, 6.07) is 8.15. The van der Waals surface area contributed by atoms with Crippen LogP contribution in [0.1, 0.15) is 64.0 Å². The Morgan fingerprint density at radius 2 is 1.57 bits per heavy atom. The Morgan fingerprint density at radius 3 is 2.30 bits per heavy atom. The predicted molar refractivity (Wildman–Crippen MR) is 149 cm³/mol. The lowest BCUT2D eigenvalue weighted by atomic mass is 9.91. The van der Waals surface area contributed by atoms with Crippen molar-refractivity contribution >= 4 is 34.9 Å². The number of fused-ring (bicyclic) bond motifs is 5. The molecule has 0 spiro atoms. The lowest BCUT2D eigenvalue weighted by molar-refractivity contribution is -0.116. The molecule has 1 fully saturated rings. The summed E-state index contributed by atoms with van der Waals surface area (Å²) in [6.45, 7) is 15.3. The lowest BCUT2D eigenvalue weighted by Crippen LogP contribution is -2.31. The Labute approximate surface area is 224 Å². The maximum Gasteiger partial charge on any atom is 0.231 e. The molecule has 2 heterocycles. The minimum Gasteiger partial charge on any atom is -0.454 e. The second-order valence-electron chi connectivity index (χ2n) is 9.49.